The molecule has 0 aromatic carbocycles. The van der Waals surface area contributed by atoms with Gasteiger partial charge in [-0.15, -0.1) is 0 Å². The molecule has 0 aromatic heterocycles. The Bertz CT molecular complexity index is 224. The van der Waals surface area contributed by atoms with Crippen molar-refractivity contribution in [2.75, 3.05) is 6.61 Å². The van der Waals surface area contributed by atoms with E-state index >= 15 is 0 Å². The highest BCUT2D eigenvalue weighted by Crippen LogP contribution is 2.59. The first kappa shape index (κ1) is 9.47. The summed E-state index contributed by atoms with van der Waals surface area (Å²) in [5.41, 5.74) is 0.182. The van der Waals surface area contributed by atoms with E-state index in [0.29, 0.717) is 17.9 Å². The molecule has 2 fully saturated rings. The maximum Gasteiger partial charge on any atom is 0.0975 e. The lowest BCUT2D eigenvalue weighted by atomic mass is 9.59. The Balaban J connectivity index is 2.27. The Hall–Kier alpha value is -0.0800. The fourth-order valence-corrected chi connectivity index (χ4v) is 2.98. The molecular weight excluding hydrogens is 164 g/mol. The number of fused-ring (bicyclic) bond motifs is 1. The minimum atomic E-state index is -0.0231. The molecule has 0 aromatic rings. The largest absolute Gasteiger partial charge is 0.396 e. The summed E-state index contributed by atoms with van der Waals surface area (Å²) in [6.07, 6.45) is 1.56. The minimum absolute atomic E-state index is 0.0231. The lowest BCUT2D eigenvalue weighted by Crippen LogP contribution is -2.47. The Kier molecular flexibility index (Phi) is 1.81. The lowest BCUT2D eigenvalue weighted by molar-refractivity contribution is 0.00666. The quantitative estimate of drug-likeness (QED) is 0.630. The van der Waals surface area contributed by atoms with Gasteiger partial charge in [0.25, 0.3) is 0 Å². The molecule has 1 aliphatic carbocycles. The molecule has 1 saturated heterocycles. The molecule has 1 heterocycles. The van der Waals surface area contributed by atoms with Gasteiger partial charge < -0.3 is 9.84 Å². The van der Waals surface area contributed by atoms with Crippen LogP contribution in [0.5, 0.6) is 0 Å². The molecular formula is C11H20O2. The normalized spacial score (nSPS) is 52.8. The van der Waals surface area contributed by atoms with Crippen LogP contribution in [-0.4, -0.2) is 23.4 Å². The van der Waals surface area contributed by atoms with E-state index in [0.717, 1.165) is 6.42 Å². The van der Waals surface area contributed by atoms with Crippen molar-refractivity contribution in [3.8, 4) is 0 Å². The van der Waals surface area contributed by atoms with Crippen molar-refractivity contribution in [1.82, 2.24) is 0 Å². The second kappa shape index (κ2) is 2.48. The molecule has 76 valence electrons. The summed E-state index contributed by atoms with van der Waals surface area (Å²) in [7, 11) is 0. The van der Waals surface area contributed by atoms with Gasteiger partial charge in [-0.1, -0.05) is 20.8 Å². The summed E-state index contributed by atoms with van der Waals surface area (Å²) in [6, 6.07) is 0. The van der Waals surface area contributed by atoms with Crippen LogP contribution in [0.2, 0.25) is 0 Å². The van der Waals surface area contributed by atoms with Gasteiger partial charge in [-0.2, -0.15) is 0 Å². The summed E-state index contributed by atoms with van der Waals surface area (Å²) in [5, 5.41) is 9.43. The van der Waals surface area contributed by atoms with Crippen molar-refractivity contribution in [3.05, 3.63) is 0 Å². The fourth-order valence-electron chi connectivity index (χ4n) is 2.98. The van der Waals surface area contributed by atoms with E-state index in [1.165, 1.54) is 0 Å². The highest BCUT2D eigenvalue weighted by molar-refractivity contribution is 5.13. The molecule has 4 atom stereocenters. The average Bonchev–Trinajstić information content (AvgIpc) is 2.61. The molecule has 1 N–H and O–H groups in total. The van der Waals surface area contributed by atoms with Crippen molar-refractivity contribution in [1.29, 1.82) is 0 Å². The number of epoxide rings is 1. The van der Waals surface area contributed by atoms with Gasteiger partial charge in [-0.25, -0.2) is 0 Å². The molecule has 0 spiro atoms. The molecule has 2 aliphatic rings. The third-order valence-corrected chi connectivity index (χ3v) is 4.59. The van der Waals surface area contributed by atoms with E-state index in [2.05, 4.69) is 27.7 Å². The zero-order valence-electron chi connectivity index (χ0n) is 9.00. The van der Waals surface area contributed by atoms with Crippen LogP contribution < -0.4 is 0 Å². The van der Waals surface area contributed by atoms with Gasteiger partial charge in [0.15, 0.2) is 0 Å². The number of rotatable bonds is 1. The number of aliphatic hydroxyl groups is 1. The molecule has 2 heteroatoms. The number of hydrogen-bond acceptors (Lipinski definition) is 2. The van der Waals surface area contributed by atoms with Gasteiger partial charge in [0.05, 0.1) is 11.7 Å². The monoisotopic (exact) mass is 184 g/mol. The van der Waals surface area contributed by atoms with E-state index in [4.69, 9.17) is 4.74 Å². The Labute approximate surface area is 80.3 Å². The Morgan fingerprint density at radius 3 is 2.54 bits per heavy atom. The van der Waals surface area contributed by atoms with Crippen molar-refractivity contribution in [2.45, 2.75) is 45.8 Å². The maximum absolute atomic E-state index is 9.43. The van der Waals surface area contributed by atoms with Gasteiger partial charge >= 0.3 is 0 Å². The van der Waals surface area contributed by atoms with Crippen LogP contribution in [0, 0.1) is 17.3 Å². The molecule has 0 radical (unpaired) electrons. The molecule has 2 nitrogen and oxygen atoms in total. The summed E-state index contributed by atoms with van der Waals surface area (Å²) in [5.74, 6) is 0.943. The van der Waals surface area contributed by atoms with Gasteiger partial charge in [0.2, 0.25) is 0 Å². The number of ether oxygens (including phenoxy) is 1. The van der Waals surface area contributed by atoms with Gasteiger partial charge in [0.1, 0.15) is 0 Å². The summed E-state index contributed by atoms with van der Waals surface area (Å²) >= 11 is 0. The first-order chi connectivity index (χ1) is 5.93. The SMILES string of the molecule is C[C@H]1C[C@H]2O[C@@]2(C)[C@@H](CO)C1(C)C. The smallest absolute Gasteiger partial charge is 0.0975 e. The third-order valence-electron chi connectivity index (χ3n) is 4.59. The zero-order chi connectivity index (χ0) is 9.85. The third kappa shape index (κ3) is 1.08. The van der Waals surface area contributed by atoms with Crippen molar-refractivity contribution in [3.63, 3.8) is 0 Å². The van der Waals surface area contributed by atoms with Crippen LogP contribution in [0.4, 0.5) is 0 Å². The summed E-state index contributed by atoms with van der Waals surface area (Å²) < 4.78 is 5.71. The van der Waals surface area contributed by atoms with Crippen molar-refractivity contribution in [2.24, 2.45) is 17.3 Å². The number of hydrogen-bond donors (Lipinski definition) is 1. The lowest BCUT2D eigenvalue weighted by Gasteiger charge is -2.44. The second-order valence-electron chi connectivity index (χ2n) is 5.48. The molecule has 1 aliphatic heterocycles. The van der Waals surface area contributed by atoms with Gasteiger partial charge in [-0.3, -0.25) is 0 Å². The van der Waals surface area contributed by atoms with Crippen molar-refractivity contribution < 1.29 is 9.84 Å². The standard InChI is InChI=1S/C11H20O2/c1-7-5-9-11(4,13-9)8(6-12)10(7,2)3/h7-9,12H,5-6H2,1-4H3/t7-,8-,9+,11-/m0/s1. The molecule has 0 amide bonds. The maximum atomic E-state index is 9.43. The molecule has 2 rings (SSSR count). The van der Waals surface area contributed by atoms with Crippen molar-refractivity contribution >= 4 is 0 Å². The van der Waals surface area contributed by atoms with E-state index in [1.807, 2.05) is 0 Å². The highest BCUT2D eigenvalue weighted by atomic mass is 16.6. The summed E-state index contributed by atoms with van der Waals surface area (Å²) in [6.45, 7) is 9.17. The van der Waals surface area contributed by atoms with Crippen LogP contribution in [0.3, 0.4) is 0 Å². The van der Waals surface area contributed by atoms with Crippen LogP contribution in [-0.2, 0) is 4.74 Å². The molecule has 1 saturated carbocycles. The minimum Gasteiger partial charge on any atom is -0.396 e. The first-order valence-corrected chi connectivity index (χ1v) is 5.21. The van der Waals surface area contributed by atoms with Crippen LogP contribution in [0.1, 0.15) is 34.1 Å². The van der Waals surface area contributed by atoms with E-state index in [-0.39, 0.29) is 17.6 Å². The first-order valence-electron chi connectivity index (χ1n) is 5.21. The molecule has 13 heavy (non-hydrogen) atoms. The van der Waals surface area contributed by atoms with E-state index < -0.39 is 0 Å². The predicted molar refractivity (Wildman–Crippen MR) is 51.4 cm³/mol. The average molecular weight is 184 g/mol. The highest BCUT2D eigenvalue weighted by Gasteiger charge is 2.65. The summed E-state index contributed by atoms with van der Waals surface area (Å²) in [4.78, 5) is 0. The number of aliphatic hydroxyl groups excluding tert-OH is 1. The van der Waals surface area contributed by atoms with Crippen LogP contribution in [0.25, 0.3) is 0 Å². The Morgan fingerprint density at radius 2 is 2.00 bits per heavy atom. The second-order valence-corrected chi connectivity index (χ2v) is 5.48. The van der Waals surface area contributed by atoms with Crippen LogP contribution >= 0.6 is 0 Å². The van der Waals surface area contributed by atoms with E-state index in [9.17, 15) is 5.11 Å². The molecule has 0 bridgehead atoms. The zero-order valence-corrected chi connectivity index (χ0v) is 9.00. The topological polar surface area (TPSA) is 32.8 Å². The van der Waals surface area contributed by atoms with Gasteiger partial charge in [0, 0.05) is 12.5 Å². The molecule has 0 unspecified atom stereocenters. The van der Waals surface area contributed by atoms with E-state index in [1.54, 1.807) is 0 Å². The Morgan fingerprint density at radius 1 is 1.38 bits per heavy atom. The van der Waals surface area contributed by atoms with Gasteiger partial charge in [-0.05, 0) is 24.7 Å². The van der Waals surface area contributed by atoms with Crippen LogP contribution in [0.15, 0.2) is 0 Å². The fraction of sp³-hybridized carbons (Fsp3) is 1.00. The predicted octanol–water partition coefficient (Wildman–Crippen LogP) is 1.82.